The molecule has 1 amide bonds. The molecule has 0 saturated carbocycles. The zero-order valence-electron chi connectivity index (χ0n) is 20.5. The summed E-state index contributed by atoms with van der Waals surface area (Å²) < 4.78 is 26.7. The first-order chi connectivity index (χ1) is 16.9. The molecule has 188 valence electrons. The number of amidine groups is 1. The van der Waals surface area contributed by atoms with Crippen LogP contribution in [0, 0.1) is 5.92 Å². The number of aliphatic imine (C=N–C) groups is 1. The van der Waals surface area contributed by atoms with Crippen LogP contribution in [0.2, 0.25) is 0 Å². The fourth-order valence-electron chi connectivity index (χ4n) is 4.76. The van der Waals surface area contributed by atoms with Crippen molar-refractivity contribution in [1.82, 2.24) is 14.9 Å². The Bertz CT molecular complexity index is 1150. The molecule has 0 aliphatic carbocycles. The van der Waals surface area contributed by atoms with E-state index in [1.165, 1.54) is 31.5 Å². The summed E-state index contributed by atoms with van der Waals surface area (Å²) in [6.07, 6.45) is 5.56. The topological polar surface area (TPSA) is 90.9 Å². The van der Waals surface area contributed by atoms with Gasteiger partial charge in [0.1, 0.15) is 5.84 Å². The number of sulfonamides is 1. The van der Waals surface area contributed by atoms with Gasteiger partial charge in [-0.05, 0) is 61.4 Å². The molecular weight excluding hydrogens is 460 g/mol. The van der Waals surface area contributed by atoms with Crippen molar-refractivity contribution < 1.29 is 13.2 Å². The molecule has 2 aliphatic heterocycles. The van der Waals surface area contributed by atoms with Gasteiger partial charge in [-0.3, -0.25) is 19.4 Å². The molecule has 2 N–H and O–H groups in total. The second-order valence-electron chi connectivity index (χ2n) is 9.72. The predicted molar refractivity (Wildman–Crippen MR) is 139 cm³/mol. The number of unbranched alkanes of at least 4 members (excludes halogenated alkanes) is 2. The maximum atomic E-state index is 12.2. The van der Waals surface area contributed by atoms with Crippen LogP contribution in [0.5, 0.6) is 0 Å². The van der Waals surface area contributed by atoms with Crippen LogP contribution in [0.15, 0.2) is 58.4 Å². The molecule has 1 fully saturated rings. The molecule has 2 aliphatic rings. The van der Waals surface area contributed by atoms with E-state index >= 15 is 0 Å². The van der Waals surface area contributed by atoms with E-state index in [1.54, 1.807) is 24.3 Å². The van der Waals surface area contributed by atoms with E-state index in [4.69, 9.17) is 0 Å². The highest BCUT2D eigenvalue weighted by Crippen LogP contribution is 2.22. The number of carbonyl (C=O) groups excluding carboxylic acids is 1. The van der Waals surface area contributed by atoms with Gasteiger partial charge in [-0.2, -0.15) is 0 Å². The van der Waals surface area contributed by atoms with Crippen LogP contribution in [0.4, 0.5) is 0 Å². The Kier molecular flexibility index (Phi) is 8.57. The third-order valence-electron chi connectivity index (χ3n) is 6.65. The van der Waals surface area contributed by atoms with Crippen LogP contribution < -0.4 is 10.0 Å². The molecule has 0 bridgehead atoms. The number of amides is 1. The Morgan fingerprint density at radius 3 is 2.66 bits per heavy atom. The molecule has 2 heterocycles. The van der Waals surface area contributed by atoms with Crippen LogP contribution in [0.1, 0.15) is 62.1 Å². The number of rotatable bonds is 10. The number of likely N-dealkylation sites (tertiary alicyclic amines) is 1. The third kappa shape index (κ3) is 7.15. The maximum Gasteiger partial charge on any atom is 0.263 e. The minimum atomic E-state index is -3.49. The lowest BCUT2D eigenvalue weighted by molar-refractivity contribution is -0.121. The Labute approximate surface area is 209 Å². The summed E-state index contributed by atoms with van der Waals surface area (Å²) in [5.41, 5.74) is 3.07. The molecule has 2 aromatic rings. The number of carbonyl (C=O) groups is 1. The van der Waals surface area contributed by atoms with Crippen molar-refractivity contribution >= 4 is 21.8 Å². The van der Waals surface area contributed by atoms with E-state index in [1.807, 2.05) is 0 Å². The molecular formula is C27H36N4O3S. The van der Waals surface area contributed by atoms with E-state index < -0.39 is 10.0 Å². The summed E-state index contributed by atoms with van der Waals surface area (Å²) >= 11 is 0. The lowest BCUT2D eigenvalue weighted by Gasteiger charge is -2.30. The van der Waals surface area contributed by atoms with Gasteiger partial charge >= 0.3 is 0 Å². The Morgan fingerprint density at radius 1 is 1.09 bits per heavy atom. The van der Waals surface area contributed by atoms with Gasteiger partial charge in [-0.25, -0.2) is 8.42 Å². The van der Waals surface area contributed by atoms with Crippen LogP contribution in [0.25, 0.3) is 0 Å². The molecule has 1 unspecified atom stereocenters. The summed E-state index contributed by atoms with van der Waals surface area (Å²) in [4.78, 5) is 19.4. The van der Waals surface area contributed by atoms with E-state index in [0.717, 1.165) is 37.3 Å². The first kappa shape index (κ1) is 25.4. The largest absolute Gasteiger partial charge is 0.352 e. The number of piperidine rings is 1. The van der Waals surface area contributed by atoms with Gasteiger partial charge < -0.3 is 5.32 Å². The lowest BCUT2D eigenvalue weighted by Crippen LogP contribution is -2.33. The first-order valence-corrected chi connectivity index (χ1v) is 14.1. The minimum absolute atomic E-state index is 0.0557. The molecule has 4 rings (SSSR count). The standard InChI is InChI=1S/C27H36N4O3S/c1-21-8-7-17-31(19-21)20-23-14-12-22(13-15-23)18-29-26(32)11-3-2-6-16-28-27-24-9-4-5-10-25(24)35(33,34)30-27/h4-5,9-10,12-15,21H,2-3,6-8,11,16-20H2,1H3,(H,28,30)(H,29,32). The van der Waals surface area contributed by atoms with Gasteiger partial charge in [-0.1, -0.05) is 49.7 Å². The predicted octanol–water partition coefficient (Wildman–Crippen LogP) is 3.83. The monoisotopic (exact) mass is 496 g/mol. The number of benzene rings is 2. The van der Waals surface area contributed by atoms with Gasteiger partial charge in [0, 0.05) is 38.2 Å². The van der Waals surface area contributed by atoms with Gasteiger partial charge in [0.05, 0.1) is 4.90 Å². The minimum Gasteiger partial charge on any atom is -0.352 e. The van der Waals surface area contributed by atoms with Gasteiger partial charge in [0.2, 0.25) is 5.91 Å². The number of nitrogens with one attached hydrogen (secondary N) is 2. The fraction of sp³-hybridized carbons (Fsp3) is 0.481. The fourth-order valence-corrected chi connectivity index (χ4v) is 6.01. The van der Waals surface area contributed by atoms with Crippen molar-refractivity contribution in [3.63, 3.8) is 0 Å². The summed E-state index contributed by atoms with van der Waals surface area (Å²) in [6.45, 7) is 6.76. The zero-order chi connectivity index (χ0) is 24.7. The van der Waals surface area contributed by atoms with Gasteiger partial charge in [0.25, 0.3) is 10.0 Å². The molecule has 8 heteroatoms. The van der Waals surface area contributed by atoms with Crippen LogP contribution in [-0.2, 0) is 27.9 Å². The summed E-state index contributed by atoms with van der Waals surface area (Å²) in [7, 11) is -3.49. The van der Waals surface area contributed by atoms with Crippen LogP contribution in [-0.4, -0.2) is 44.7 Å². The maximum absolute atomic E-state index is 12.2. The highest BCUT2D eigenvalue weighted by atomic mass is 32.2. The number of hydrogen-bond donors (Lipinski definition) is 2. The number of nitrogens with zero attached hydrogens (tertiary/aromatic N) is 2. The average Bonchev–Trinajstić information content (AvgIpc) is 3.11. The quantitative estimate of drug-likeness (QED) is 0.489. The lowest BCUT2D eigenvalue weighted by atomic mass is 9.99. The Balaban J connectivity index is 1.11. The third-order valence-corrected chi connectivity index (χ3v) is 8.05. The molecule has 0 radical (unpaired) electrons. The van der Waals surface area contributed by atoms with E-state index in [-0.39, 0.29) is 10.8 Å². The van der Waals surface area contributed by atoms with Crippen molar-refractivity contribution in [1.29, 1.82) is 0 Å². The molecule has 1 atom stereocenters. The summed E-state index contributed by atoms with van der Waals surface area (Å²) in [5, 5.41) is 3.01. The highest BCUT2D eigenvalue weighted by Gasteiger charge is 2.29. The zero-order valence-corrected chi connectivity index (χ0v) is 21.3. The molecule has 0 spiro atoms. The van der Waals surface area contributed by atoms with Gasteiger partial charge in [0.15, 0.2) is 0 Å². The highest BCUT2D eigenvalue weighted by molar-refractivity contribution is 7.90. The average molecular weight is 497 g/mol. The normalized spacial score (nSPS) is 20.4. The molecule has 2 aromatic carbocycles. The summed E-state index contributed by atoms with van der Waals surface area (Å²) in [6, 6.07) is 15.4. The van der Waals surface area contributed by atoms with E-state index in [9.17, 15) is 13.2 Å². The van der Waals surface area contributed by atoms with Crippen molar-refractivity contribution in [3.8, 4) is 0 Å². The molecule has 0 aromatic heterocycles. The second-order valence-corrected chi connectivity index (χ2v) is 11.4. The Morgan fingerprint density at radius 2 is 1.86 bits per heavy atom. The smallest absolute Gasteiger partial charge is 0.263 e. The van der Waals surface area contributed by atoms with Crippen molar-refractivity contribution in [2.75, 3.05) is 19.6 Å². The number of hydrogen-bond acceptors (Lipinski definition) is 5. The second kappa shape index (κ2) is 11.8. The molecule has 7 nitrogen and oxygen atoms in total. The van der Waals surface area contributed by atoms with E-state index in [0.29, 0.717) is 30.9 Å². The SMILES string of the molecule is CC1CCCN(Cc2ccc(CNC(=O)CCCCCN=C3NS(=O)(=O)c4ccccc43)cc2)C1. The number of fused-ring (bicyclic) bond motifs is 1. The van der Waals surface area contributed by atoms with Crippen LogP contribution >= 0.6 is 0 Å². The van der Waals surface area contributed by atoms with Crippen molar-refractivity contribution in [2.45, 2.75) is 63.4 Å². The van der Waals surface area contributed by atoms with Crippen molar-refractivity contribution in [3.05, 3.63) is 65.2 Å². The molecule has 1 saturated heterocycles. The van der Waals surface area contributed by atoms with Gasteiger partial charge in [-0.15, -0.1) is 0 Å². The Hall–Kier alpha value is -2.71. The van der Waals surface area contributed by atoms with Crippen molar-refractivity contribution in [2.24, 2.45) is 10.9 Å². The van der Waals surface area contributed by atoms with E-state index in [2.05, 4.69) is 51.1 Å². The van der Waals surface area contributed by atoms with Crippen LogP contribution in [0.3, 0.4) is 0 Å². The summed E-state index contributed by atoms with van der Waals surface area (Å²) in [5.74, 6) is 1.25. The first-order valence-electron chi connectivity index (χ1n) is 12.6. The molecule has 35 heavy (non-hydrogen) atoms.